The zero-order valence-corrected chi connectivity index (χ0v) is 16.1. The summed E-state index contributed by atoms with van der Waals surface area (Å²) >= 11 is 0. The minimum Gasteiger partial charge on any atom is -0.484 e. The van der Waals surface area contributed by atoms with Gasteiger partial charge in [-0.3, -0.25) is 4.79 Å². The van der Waals surface area contributed by atoms with Gasteiger partial charge in [-0.1, -0.05) is 60.7 Å². The number of aromatic nitrogens is 2. The molecule has 4 rings (SSSR count). The second-order valence-corrected chi connectivity index (χ2v) is 6.85. The van der Waals surface area contributed by atoms with Crippen LogP contribution in [0, 0.1) is 0 Å². The van der Waals surface area contributed by atoms with Crippen LogP contribution in [-0.4, -0.2) is 28.6 Å². The fourth-order valence-electron chi connectivity index (χ4n) is 3.26. The summed E-state index contributed by atoms with van der Waals surface area (Å²) in [6.07, 6.45) is 4.43. The predicted molar refractivity (Wildman–Crippen MR) is 114 cm³/mol. The molecule has 0 aliphatic heterocycles. The van der Waals surface area contributed by atoms with Crippen LogP contribution in [0.2, 0.25) is 0 Å². The molecule has 0 unspecified atom stereocenters. The van der Waals surface area contributed by atoms with Crippen LogP contribution in [0.25, 0.3) is 10.8 Å². The van der Waals surface area contributed by atoms with Crippen molar-refractivity contribution in [2.45, 2.75) is 13.0 Å². The van der Waals surface area contributed by atoms with Crippen LogP contribution in [0.15, 0.2) is 85.2 Å². The van der Waals surface area contributed by atoms with Gasteiger partial charge in [0.2, 0.25) is 0 Å². The van der Waals surface area contributed by atoms with Crippen molar-refractivity contribution in [1.29, 1.82) is 0 Å². The van der Waals surface area contributed by atoms with Gasteiger partial charge in [-0.2, -0.15) is 0 Å². The number of ether oxygens (including phenoxy) is 1. The Balaban J connectivity index is 1.24. The van der Waals surface area contributed by atoms with Gasteiger partial charge in [-0.15, -0.1) is 0 Å². The summed E-state index contributed by atoms with van der Waals surface area (Å²) in [5.74, 6) is 1.50. The number of hydrogen-bond donors (Lipinski definition) is 1. The maximum atomic E-state index is 12.1. The fourth-order valence-corrected chi connectivity index (χ4v) is 3.26. The highest BCUT2D eigenvalue weighted by molar-refractivity contribution is 5.84. The molecule has 0 saturated heterocycles. The maximum Gasteiger partial charge on any atom is 0.257 e. The van der Waals surface area contributed by atoms with Crippen molar-refractivity contribution in [3.63, 3.8) is 0 Å². The molecule has 1 aromatic heterocycles. The summed E-state index contributed by atoms with van der Waals surface area (Å²) in [6.45, 7) is 1.29. The van der Waals surface area contributed by atoms with Crippen molar-refractivity contribution in [3.8, 4) is 5.75 Å². The molecule has 146 valence electrons. The predicted octanol–water partition coefficient (Wildman–Crippen LogP) is 3.82. The molecule has 0 bridgehead atoms. The Bertz CT molecular complexity index is 1090. The molecule has 5 nitrogen and oxygen atoms in total. The highest BCUT2D eigenvalue weighted by atomic mass is 16.5. The molecule has 1 amide bonds. The number of imidazole rings is 1. The van der Waals surface area contributed by atoms with Crippen LogP contribution in [0.5, 0.6) is 5.75 Å². The first-order chi connectivity index (χ1) is 14.3. The summed E-state index contributed by atoms with van der Waals surface area (Å²) in [5.41, 5.74) is 1.22. The third-order valence-corrected chi connectivity index (χ3v) is 4.76. The van der Waals surface area contributed by atoms with Crippen molar-refractivity contribution < 1.29 is 9.53 Å². The van der Waals surface area contributed by atoms with Gasteiger partial charge in [0.1, 0.15) is 11.6 Å². The zero-order chi connectivity index (χ0) is 19.9. The van der Waals surface area contributed by atoms with E-state index >= 15 is 0 Å². The first-order valence-corrected chi connectivity index (χ1v) is 9.70. The molecule has 4 aromatic rings. The summed E-state index contributed by atoms with van der Waals surface area (Å²) in [4.78, 5) is 16.5. The second-order valence-electron chi connectivity index (χ2n) is 6.85. The average molecular weight is 385 g/mol. The van der Waals surface area contributed by atoms with Crippen LogP contribution >= 0.6 is 0 Å². The van der Waals surface area contributed by atoms with Gasteiger partial charge in [0, 0.05) is 31.9 Å². The molecule has 0 saturated carbocycles. The van der Waals surface area contributed by atoms with Crippen LogP contribution in [0.1, 0.15) is 11.4 Å². The molecule has 1 N–H and O–H groups in total. The van der Waals surface area contributed by atoms with Gasteiger partial charge in [0.05, 0.1) is 0 Å². The van der Waals surface area contributed by atoms with E-state index in [2.05, 4.69) is 27.0 Å². The number of nitrogens with zero attached hydrogens (tertiary/aromatic N) is 2. The van der Waals surface area contributed by atoms with Crippen LogP contribution < -0.4 is 10.1 Å². The molecule has 3 aromatic carbocycles. The lowest BCUT2D eigenvalue weighted by atomic mass is 10.1. The van der Waals surface area contributed by atoms with E-state index in [1.54, 1.807) is 6.20 Å². The SMILES string of the molecule is O=C(COc1ccc2ccccc2c1)NCCc1nccn1Cc1ccccc1. The number of rotatable bonds is 8. The first-order valence-electron chi connectivity index (χ1n) is 9.70. The molecular formula is C24H23N3O2. The van der Waals surface area contributed by atoms with Gasteiger partial charge >= 0.3 is 0 Å². The maximum absolute atomic E-state index is 12.1. The van der Waals surface area contributed by atoms with E-state index in [-0.39, 0.29) is 12.5 Å². The molecular weight excluding hydrogens is 362 g/mol. The van der Waals surface area contributed by atoms with E-state index in [1.165, 1.54) is 5.56 Å². The second kappa shape index (κ2) is 9.06. The lowest BCUT2D eigenvalue weighted by molar-refractivity contribution is -0.123. The van der Waals surface area contributed by atoms with Crippen molar-refractivity contribution in [2.24, 2.45) is 0 Å². The minimum atomic E-state index is -0.140. The van der Waals surface area contributed by atoms with Gasteiger partial charge in [0.25, 0.3) is 5.91 Å². The third-order valence-electron chi connectivity index (χ3n) is 4.76. The molecule has 0 fully saturated rings. The molecule has 0 spiro atoms. The average Bonchev–Trinajstić information content (AvgIpc) is 3.19. The first kappa shape index (κ1) is 18.7. The molecule has 5 heteroatoms. The van der Waals surface area contributed by atoms with Crippen molar-refractivity contribution in [1.82, 2.24) is 14.9 Å². The summed E-state index contributed by atoms with van der Waals surface area (Å²) < 4.78 is 7.74. The Kier molecular flexibility index (Phi) is 5.86. The molecule has 0 radical (unpaired) electrons. The lowest BCUT2D eigenvalue weighted by Crippen LogP contribution is -2.31. The Labute approximate surface area is 170 Å². The number of hydrogen-bond acceptors (Lipinski definition) is 3. The van der Waals surface area contributed by atoms with E-state index in [9.17, 15) is 4.79 Å². The standard InChI is InChI=1S/C24H23N3O2/c28-24(18-29-22-11-10-20-8-4-5-9-21(20)16-22)26-13-12-23-25-14-15-27(23)17-19-6-2-1-3-7-19/h1-11,14-16H,12-13,17-18H2,(H,26,28). The molecule has 1 heterocycles. The summed E-state index contributed by atoms with van der Waals surface area (Å²) in [5, 5.41) is 5.14. The van der Waals surface area contributed by atoms with Crippen LogP contribution in [0.4, 0.5) is 0 Å². The lowest BCUT2D eigenvalue weighted by Gasteiger charge is -2.10. The number of amides is 1. The topological polar surface area (TPSA) is 56.1 Å². The number of fused-ring (bicyclic) bond motifs is 1. The Morgan fingerprint density at radius 2 is 1.76 bits per heavy atom. The van der Waals surface area contributed by atoms with Crippen molar-refractivity contribution >= 4 is 16.7 Å². The van der Waals surface area contributed by atoms with Crippen molar-refractivity contribution in [2.75, 3.05) is 13.2 Å². The summed E-state index contributed by atoms with van der Waals surface area (Å²) in [7, 11) is 0. The van der Waals surface area contributed by atoms with E-state index < -0.39 is 0 Å². The Morgan fingerprint density at radius 3 is 2.62 bits per heavy atom. The zero-order valence-electron chi connectivity index (χ0n) is 16.1. The Morgan fingerprint density at radius 1 is 0.966 bits per heavy atom. The number of carbonyl (C=O) groups excluding carboxylic acids is 1. The van der Waals surface area contributed by atoms with Gasteiger partial charge in [-0.05, 0) is 28.5 Å². The minimum absolute atomic E-state index is 0.00318. The number of carbonyl (C=O) groups is 1. The Hall–Kier alpha value is -3.60. The van der Waals surface area contributed by atoms with Crippen molar-refractivity contribution in [3.05, 3.63) is 96.6 Å². The highest BCUT2D eigenvalue weighted by Gasteiger charge is 2.07. The van der Waals surface area contributed by atoms with Gasteiger partial charge < -0.3 is 14.6 Å². The largest absolute Gasteiger partial charge is 0.484 e. The molecule has 0 aliphatic rings. The van der Waals surface area contributed by atoms with Crippen LogP contribution in [0.3, 0.4) is 0 Å². The number of benzene rings is 3. The molecule has 0 aliphatic carbocycles. The smallest absolute Gasteiger partial charge is 0.257 e. The van der Waals surface area contributed by atoms with E-state index in [1.807, 2.05) is 66.9 Å². The monoisotopic (exact) mass is 385 g/mol. The normalized spacial score (nSPS) is 10.8. The van der Waals surface area contributed by atoms with E-state index in [0.29, 0.717) is 18.7 Å². The van der Waals surface area contributed by atoms with E-state index in [4.69, 9.17) is 4.74 Å². The highest BCUT2D eigenvalue weighted by Crippen LogP contribution is 2.20. The van der Waals surface area contributed by atoms with Crippen LogP contribution in [-0.2, 0) is 17.8 Å². The quantitative estimate of drug-likeness (QED) is 0.502. The summed E-state index contributed by atoms with van der Waals surface area (Å²) in [6, 6.07) is 24.1. The molecule has 0 atom stereocenters. The fraction of sp³-hybridized carbons (Fsp3) is 0.167. The van der Waals surface area contributed by atoms with Gasteiger partial charge in [-0.25, -0.2) is 4.98 Å². The number of nitrogens with one attached hydrogen (secondary N) is 1. The van der Waals surface area contributed by atoms with Gasteiger partial charge in [0.15, 0.2) is 6.61 Å². The third kappa shape index (κ3) is 5.02. The van der Waals surface area contributed by atoms with E-state index in [0.717, 1.165) is 23.1 Å². The molecule has 29 heavy (non-hydrogen) atoms.